The predicted molar refractivity (Wildman–Crippen MR) is 54.1 cm³/mol. The van der Waals surface area contributed by atoms with Gasteiger partial charge in [-0.2, -0.15) is 0 Å². The number of hydrogen-bond acceptors (Lipinski definition) is 4. The van der Waals surface area contributed by atoms with E-state index in [1.807, 2.05) is 0 Å². The fraction of sp³-hybridized carbons (Fsp3) is 0.375. The molecule has 0 radical (unpaired) electrons. The van der Waals surface area contributed by atoms with Gasteiger partial charge in [-0.1, -0.05) is 0 Å². The van der Waals surface area contributed by atoms with Gasteiger partial charge >= 0.3 is 0 Å². The number of sulfonamides is 1. The third-order valence-corrected chi connectivity index (χ3v) is 3.11. The van der Waals surface area contributed by atoms with E-state index in [1.54, 1.807) is 13.8 Å². The number of pyridine rings is 1. The van der Waals surface area contributed by atoms with E-state index >= 15 is 0 Å². The van der Waals surface area contributed by atoms with Crippen molar-refractivity contribution in [3.05, 3.63) is 18.3 Å². The molecule has 0 unspecified atom stereocenters. The van der Waals surface area contributed by atoms with Crippen LogP contribution in [-0.2, 0) is 10.0 Å². The topological polar surface area (TPSA) is 85.1 Å². The molecule has 5 nitrogen and oxygen atoms in total. The van der Waals surface area contributed by atoms with Crippen LogP contribution in [0.3, 0.4) is 0 Å². The summed E-state index contributed by atoms with van der Waals surface area (Å²) in [4.78, 5) is 3.86. The lowest BCUT2D eigenvalue weighted by atomic mass is 10.4. The van der Waals surface area contributed by atoms with E-state index in [2.05, 4.69) is 9.71 Å². The minimum absolute atomic E-state index is 0.138. The van der Waals surface area contributed by atoms with Crippen LogP contribution in [0.5, 0.6) is 0 Å². The Labute approximate surface area is 83.4 Å². The van der Waals surface area contributed by atoms with Crippen LogP contribution in [0, 0.1) is 0 Å². The predicted octanol–water partition coefficient (Wildman–Crippen LogP) is 0.350. The molecule has 0 saturated carbocycles. The third-order valence-electron chi connectivity index (χ3n) is 1.45. The molecule has 0 aliphatic rings. The lowest BCUT2D eigenvalue weighted by Crippen LogP contribution is -2.30. The Bertz CT molecular complexity index is 414. The number of nitrogens with zero attached hydrogens (tertiary/aromatic N) is 1. The zero-order valence-electron chi connectivity index (χ0n) is 8.06. The van der Waals surface area contributed by atoms with Gasteiger partial charge in [0.1, 0.15) is 5.82 Å². The molecular weight excluding hydrogens is 202 g/mol. The first-order valence-electron chi connectivity index (χ1n) is 4.15. The second-order valence-electron chi connectivity index (χ2n) is 3.19. The van der Waals surface area contributed by atoms with Gasteiger partial charge in [0.05, 0.1) is 4.90 Å². The van der Waals surface area contributed by atoms with Gasteiger partial charge in [0.2, 0.25) is 10.0 Å². The first-order valence-corrected chi connectivity index (χ1v) is 5.64. The molecule has 0 aromatic carbocycles. The van der Waals surface area contributed by atoms with Crippen LogP contribution in [0.4, 0.5) is 5.82 Å². The first-order chi connectivity index (χ1) is 6.42. The average Bonchev–Trinajstić information content (AvgIpc) is 2.01. The third kappa shape index (κ3) is 2.68. The van der Waals surface area contributed by atoms with Crippen LogP contribution in [-0.4, -0.2) is 19.4 Å². The number of rotatable bonds is 3. The lowest BCUT2D eigenvalue weighted by molar-refractivity contribution is 0.570. The van der Waals surface area contributed by atoms with Crippen molar-refractivity contribution >= 4 is 15.8 Å². The van der Waals surface area contributed by atoms with Gasteiger partial charge in [0.25, 0.3) is 0 Å². The maximum atomic E-state index is 11.6. The van der Waals surface area contributed by atoms with Crippen molar-refractivity contribution in [2.45, 2.75) is 24.8 Å². The Hall–Kier alpha value is -1.14. The molecule has 1 aromatic rings. The number of hydrogen-bond donors (Lipinski definition) is 2. The summed E-state index contributed by atoms with van der Waals surface area (Å²) in [6.45, 7) is 3.50. The van der Waals surface area contributed by atoms with E-state index in [1.165, 1.54) is 18.3 Å². The van der Waals surface area contributed by atoms with Crippen LogP contribution >= 0.6 is 0 Å². The van der Waals surface area contributed by atoms with Crippen molar-refractivity contribution in [1.82, 2.24) is 9.71 Å². The number of nitrogens with one attached hydrogen (secondary N) is 1. The second kappa shape index (κ2) is 3.93. The number of nitrogen functional groups attached to an aromatic ring is 1. The zero-order valence-corrected chi connectivity index (χ0v) is 8.88. The van der Waals surface area contributed by atoms with Gasteiger partial charge in [0, 0.05) is 18.3 Å². The molecule has 3 N–H and O–H groups in total. The highest BCUT2D eigenvalue weighted by molar-refractivity contribution is 7.89. The van der Waals surface area contributed by atoms with Crippen molar-refractivity contribution in [3.8, 4) is 0 Å². The van der Waals surface area contributed by atoms with Gasteiger partial charge in [-0.3, -0.25) is 0 Å². The monoisotopic (exact) mass is 215 g/mol. The van der Waals surface area contributed by atoms with Gasteiger partial charge in [-0.05, 0) is 19.9 Å². The SMILES string of the molecule is CC(C)NS(=O)(=O)c1ccnc(N)c1. The molecular formula is C8H13N3O2S. The summed E-state index contributed by atoms with van der Waals surface area (Å²) >= 11 is 0. The van der Waals surface area contributed by atoms with Crippen LogP contribution in [0.2, 0.25) is 0 Å². The first kappa shape index (κ1) is 10.9. The van der Waals surface area contributed by atoms with E-state index in [9.17, 15) is 8.42 Å². The van der Waals surface area contributed by atoms with Crippen molar-refractivity contribution in [1.29, 1.82) is 0 Å². The summed E-state index contributed by atoms with van der Waals surface area (Å²) in [5.74, 6) is 0.191. The van der Waals surface area contributed by atoms with Crippen molar-refractivity contribution in [3.63, 3.8) is 0 Å². The smallest absolute Gasteiger partial charge is 0.240 e. The molecule has 0 fully saturated rings. The summed E-state index contributed by atoms with van der Waals surface area (Å²) in [7, 11) is -3.45. The van der Waals surface area contributed by atoms with Crippen LogP contribution in [0.25, 0.3) is 0 Å². The fourth-order valence-corrected chi connectivity index (χ4v) is 2.25. The molecule has 14 heavy (non-hydrogen) atoms. The lowest BCUT2D eigenvalue weighted by Gasteiger charge is -2.09. The highest BCUT2D eigenvalue weighted by Gasteiger charge is 2.15. The van der Waals surface area contributed by atoms with Gasteiger partial charge < -0.3 is 5.73 Å². The molecule has 0 bridgehead atoms. The summed E-state index contributed by atoms with van der Waals surface area (Å²) in [6, 6.07) is 2.58. The summed E-state index contributed by atoms with van der Waals surface area (Å²) < 4.78 is 25.7. The van der Waals surface area contributed by atoms with Crippen LogP contribution < -0.4 is 10.5 Å². The Morgan fingerprint density at radius 3 is 2.64 bits per heavy atom. The maximum absolute atomic E-state index is 11.6. The summed E-state index contributed by atoms with van der Waals surface area (Å²) in [5, 5.41) is 0. The summed E-state index contributed by atoms with van der Waals surface area (Å²) in [5.41, 5.74) is 5.38. The van der Waals surface area contributed by atoms with Gasteiger partial charge in [0.15, 0.2) is 0 Å². The molecule has 0 atom stereocenters. The van der Waals surface area contributed by atoms with Crippen LogP contribution in [0.15, 0.2) is 23.2 Å². The highest BCUT2D eigenvalue weighted by atomic mass is 32.2. The molecule has 0 saturated heterocycles. The molecule has 1 heterocycles. The molecule has 1 rings (SSSR count). The number of aromatic nitrogens is 1. The van der Waals surface area contributed by atoms with E-state index in [0.717, 1.165) is 0 Å². The highest BCUT2D eigenvalue weighted by Crippen LogP contribution is 2.10. The zero-order chi connectivity index (χ0) is 10.8. The van der Waals surface area contributed by atoms with E-state index in [0.29, 0.717) is 0 Å². The Kier molecular flexibility index (Phi) is 3.07. The van der Waals surface area contributed by atoms with Crippen molar-refractivity contribution < 1.29 is 8.42 Å². The average molecular weight is 215 g/mol. The molecule has 6 heteroatoms. The van der Waals surface area contributed by atoms with E-state index < -0.39 is 10.0 Å². The standard InChI is InChI=1S/C8H13N3O2S/c1-6(2)11-14(12,13)7-3-4-10-8(9)5-7/h3-6,11H,1-2H3,(H2,9,10). The molecule has 0 aliphatic heterocycles. The maximum Gasteiger partial charge on any atom is 0.240 e. The molecule has 0 spiro atoms. The molecule has 0 amide bonds. The molecule has 0 aliphatic carbocycles. The van der Waals surface area contributed by atoms with Crippen LogP contribution in [0.1, 0.15) is 13.8 Å². The minimum Gasteiger partial charge on any atom is -0.384 e. The number of anilines is 1. The van der Waals surface area contributed by atoms with E-state index in [-0.39, 0.29) is 16.8 Å². The quantitative estimate of drug-likeness (QED) is 0.762. The van der Waals surface area contributed by atoms with Crippen molar-refractivity contribution in [2.75, 3.05) is 5.73 Å². The Morgan fingerprint density at radius 1 is 1.50 bits per heavy atom. The Balaban J connectivity index is 3.05. The van der Waals surface area contributed by atoms with E-state index in [4.69, 9.17) is 5.73 Å². The molecule has 78 valence electrons. The minimum atomic E-state index is -3.45. The van der Waals surface area contributed by atoms with Gasteiger partial charge in [-0.25, -0.2) is 18.1 Å². The fourth-order valence-electron chi connectivity index (χ4n) is 0.973. The van der Waals surface area contributed by atoms with Gasteiger partial charge in [-0.15, -0.1) is 0 Å². The summed E-state index contributed by atoms with van der Waals surface area (Å²) in [6.07, 6.45) is 1.37. The molecule has 1 aromatic heterocycles. The number of nitrogens with two attached hydrogens (primary N) is 1. The normalized spacial score (nSPS) is 11.9. The van der Waals surface area contributed by atoms with Crippen molar-refractivity contribution in [2.24, 2.45) is 0 Å². The largest absolute Gasteiger partial charge is 0.384 e. The Morgan fingerprint density at radius 2 is 2.14 bits per heavy atom. The second-order valence-corrected chi connectivity index (χ2v) is 4.91.